The monoisotopic (exact) mass is 114 g/mol. The standard InChI is InChI=1S/C5H4B2N2/c6-4-1-3(8)2-5(7)9-4/h1-2H,(H2,8,9). The molecule has 0 saturated heterocycles. The Bertz CT molecular complexity index is 174. The third kappa shape index (κ3) is 1.49. The zero-order valence-corrected chi connectivity index (χ0v) is 4.83. The summed E-state index contributed by atoms with van der Waals surface area (Å²) in [6.07, 6.45) is 0. The molecule has 2 N–H and O–H groups in total. The summed E-state index contributed by atoms with van der Waals surface area (Å²) in [5.41, 5.74) is 6.61. The van der Waals surface area contributed by atoms with E-state index in [0.717, 1.165) is 0 Å². The molecular weight excluding hydrogens is 110 g/mol. The van der Waals surface area contributed by atoms with E-state index >= 15 is 0 Å². The topological polar surface area (TPSA) is 38.9 Å². The molecule has 1 aromatic heterocycles. The molecule has 0 aliphatic rings. The van der Waals surface area contributed by atoms with E-state index in [1.807, 2.05) is 0 Å². The number of nitrogens with zero attached hydrogens (tertiary/aromatic N) is 1. The van der Waals surface area contributed by atoms with Crippen LogP contribution < -0.4 is 16.9 Å². The summed E-state index contributed by atoms with van der Waals surface area (Å²) < 4.78 is 0. The fourth-order valence-corrected chi connectivity index (χ4v) is 0.597. The maximum absolute atomic E-state index is 5.36. The lowest BCUT2D eigenvalue weighted by atomic mass is 9.97. The second-order valence-corrected chi connectivity index (χ2v) is 1.75. The molecule has 0 aliphatic carbocycles. The third-order valence-electron chi connectivity index (χ3n) is 0.887. The Hall–Kier alpha value is -0.920. The molecule has 0 bridgehead atoms. The molecule has 4 radical (unpaired) electrons. The van der Waals surface area contributed by atoms with Gasteiger partial charge in [-0.05, 0) is 23.3 Å². The summed E-state index contributed by atoms with van der Waals surface area (Å²) in [6, 6.07) is 3.10. The SMILES string of the molecule is [B]c1cc(N)cc([B])n1. The van der Waals surface area contributed by atoms with Gasteiger partial charge >= 0.3 is 0 Å². The van der Waals surface area contributed by atoms with Gasteiger partial charge in [-0.25, -0.2) is 0 Å². The fourth-order valence-electron chi connectivity index (χ4n) is 0.597. The lowest BCUT2D eigenvalue weighted by Gasteiger charge is -1.97. The molecule has 0 amide bonds. The van der Waals surface area contributed by atoms with Crippen molar-refractivity contribution in [3.63, 3.8) is 0 Å². The Morgan fingerprint density at radius 1 is 1.22 bits per heavy atom. The average molecular weight is 114 g/mol. The minimum absolute atomic E-state index is 0.354. The van der Waals surface area contributed by atoms with Crippen molar-refractivity contribution in [1.82, 2.24) is 4.98 Å². The number of hydrogen-bond donors (Lipinski definition) is 1. The van der Waals surface area contributed by atoms with Crippen LogP contribution in [0.25, 0.3) is 0 Å². The van der Waals surface area contributed by atoms with Gasteiger partial charge in [0, 0.05) is 5.69 Å². The highest BCUT2D eigenvalue weighted by Crippen LogP contribution is 1.89. The molecule has 0 spiro atoms. The molecule has 1 aromatic rings. The summed E-state index contributed by atoms with van der Waals surface area (Å²) in [5, 5.41) is 0. The first-order chi connectivity index (χ1) is 4.18. The zero-order chi connectivity index (χ0) is 6.85. The summed E-state index contributed by atoms with van der Waals surface area (Å²) in [4.78, 5) is 3.71. The first-order valence-corrected chi connectivity index (χ1v) is 2.47. The molecule has 2 nitrogen and oxygen atoms in total. The second-order valence-electron chi connectivity index (χ2n) is 1.75. The van der Waals surface area contributed by atoms with Crippen LogP contribution >= 0.6 is 0 Å². The highest BCUT2D eigenvalue weighted by Gasteiger charge is 1.88. The molecule has 0 fully saturated rings. The van der Waals surface area contributed by atoms with E-state index in [2.05, 4.69) is 4.98 Å². The van der Waals surface area contributed by atoms with Crippen LogP contribution in [-0.2, 0) is 0 Å². The van der Waals surface area contributed by atoms with Gasteiger partial charge in [0.1, 0.15) is 15.7 Å². The molecular formula is C5H4B2N2. The predicted octanol–water partition coefficient (Wildman–Crippen LogP) is -1.75. The van der Waals surface area contributed by atoms with Crippen LogP contribution in [0.2, 0.25) is 0 Å². The van der Waals surface area contributed by atoms with E-state index in [1.54, 1.807) is 12.1 Å². The number of aromatic nitrogens is 1. The maximum atomic E-state index is 5.36. The van der Waals surface area contributed by atoms with Gasteiger partial charge in [-0.3, -0.25) is 4.98 Å². The molecule has 40 valence electrons. The van der Waals surface area contributed by atoms with E-state index in [-0.39, 0.29) is 0 Å². The Morgan fingerprint density at radius 2 is 1.67 bits per heavy atom. The molecule has 1 heterocycles. The minimum atomic E-state index is 0.354. The molecule has 0 saturated carbocycles. The van der Waals surface area contributed by atoms with Crippen molar-refractivity contribution < 1.29 is 0 Å². The summed E-state index contributed by atoms with van der Waals surface area (Å²) in [6.45, 7) is 0. The number of nitrogen functional groups attached to an aromatic ring is 1. The highest BCUT2D eigenvalue weighted by molar-refractivity contribution is 6.35. The number of anilines is 1. The van der Waals surface area contributed by atoms with E-state index in [1.165, 1.54) is 0 Å². The van der Waals surface area contributed by atoms with Gasteiger partial charge in [0.2, 0.25) is 0 Å². The van der Waals surface area contributed by atoms with E-state index < -0.39 is 0 Å². The van der Waals surface area contributed by atoms with Crippen molar-refractivity contribution in [1.29, 1.82) is 0 Å². The average Bonchev–Trinajstić information content (AvgIpc) is 1.59. The molecule has 0 aliphatic heterocycles. The number of rotatable bonds is 0. The van der Waals surface area contributed by atoms with Gasteiger partial charge in [-0.1, -0.05) is 0 Å². The highest BCUT2D eigenvalue weighted by atomic mass is 14.7. The predicted molar refractivity (Wildman–Crippen MR) is 39.4 cm³/mol. The van der Waals surface area contributed by atoms with Gasteiger partial charge in [-0.2, -0.15) is 0 Å². The quantitative estimate of drug-likeness (QED) is 0.406. The number of pyridine rings is 1. The van der Waals surface area contributed by atoms with Crippen molar-refractivity contribution in [2.75, 3.05) is 5.73 Å². The van der Waals surface area contributed by atoms with Gasteiger partial charge < -0.3 is 5.73 Å². The van der Waals surface area contributed by atoms with Crippen molar-refractivity contribution in [3.05, 3.63) is 12.1 Å². The third-order valence-corrected chi connectivity index (χ3v) is 0.887. The smallest absolute Gasteiger partial charge is 0.141 e. The molecule has 9 heavy (non-hydrogen) atoms. The first kappa shape index (κ1) is 6.20. The largest absolute Gasteiger partial charge is 0.399 e. The van der Waals surface area contributed by atoms with E-state index in [0.29, 0.717) is 16.9 Å². The fraction of sp³-hybridized carbons (Fsp3) is 0. The number of hydrogen-bond acceptors (Lipinski definition) is 2. The zero-order valence-electron chi connectivity index (χ0n) is 4.83. The lowest BCUT2D eigenvalue weighted by Crippen LogP contribution is -2.21. The van der Waals surface area contributed by atoms with Crippen LogP contribution in [-0.4, -0.2) is 20.7 Å². The van der Waals surface area contributed by atoms with Crippen molar-refractivity contribution in [2.24, 2.45) is 0 Å². The Kier molecular flexibility index (Phi) is 1.47. The van der Waals surface area contributed by atoms with Crippen molar-refractivity contribution >= 4 is 32.6 Å². The second kappa shape index (κ2) is 2.13. The molecule has 4 heteroatoms. The van der Waals surface area contributed by atoms with Crippen LogP contribution in [0.4, 0.5) is 5.69 Å². The summed E-state index contributed by atoms with van der Waals surface area (Å²) in [7, 11) is 10.6. The minimum Gasteiger partial charge on any atom is -0.399 e. The van der Waals surface area contributed by atoms with Gasteiger partial charge in [-0.15, -0.1) is 0 Å². The first-order valence-electron chi connectivity index (χ1n) is 2.47. The summed E-state index contributed by atoms with van der Waals surface area (Å²) in [5.74, 6) is 0. The van der Waals surface area contributed by atoms with Crippen LogP contribution in [0.3, 0.4) is 0 Å². The van der Waals surface area contributed by atoms with Crippen LogP contribution in [0.5, 0.6) is 0 Å². The number of nitrogens with two attached hydrogens (primary N) is 1. The molecule has 1 rings (SSSR count). The van der Waals surface area contributed by atoms with E-state index in [9.17, 15) is 0 Å². The van der Waals surface area contributed by atoms with Gasteiger partial charge in [0.05, 0.1) is 0 Å². The van der Waals surface area contributed by atoms with Crippen LogP contribution in [0, 0.1) is 0 Å². The lowest BCUT2D eigenvalue weighted by molar-refractivity contribution is 1.46. The van der Waals surface area contributed by atoms with Crippen LogP contribution in [0.1, 0.15) is 0 Å². The Labute approximate surface area is 56.3 Å². The maximum Gasteiger partial charge on any atom is 0.141 e. The summed E-state index contributed by atoms with van der Waals surface area (Å²) >= 11 is 0. The normalized spacial score (nSPS) is 9.33. The van der Waals surface area contributed by atoms with Crippen LogP contribution in [0.15, 0.2) is 12.1 Å². The molecule has 0 aromatic carbocycles. The van der Waals surface area contributed by atoms with Gasteiger partial charge in [0.15, 0.2) is 0 Å². The van der Waals surface area contributed by atoms with Crippen molar-refractivity contribution in [3.8, 4) is 0 Å². The molecule has 0 atom stereocenters. The van der Waals surface area contributed by atoms with E-state index in [4.69, 9.17) is 21.4 Å². The Balaban J connectivity index is 3.17. The van der Waals surface area contributed by atoms with Gasteiger partial charge in [0.25, 0.3) is 0 Å². The Morgan fingerprint density at radius 3 is 2.00 bits per heavy atom. The van der Waals surface area contributed by atoms with Crippen molar-refractivity contribution in [2.45, 2.75) is 0 Å². The molecule has 0 unspecified atom stereocenters.